The van der Waals surface area contributed by atoms with Gasteiger partial charge in [0.15, 0.2) is 0 Å². The Kier molecular flexibility index (Phi) is 3.72. The Labute approximate surface area is 104 Å². The van der Waals surface area contributed by atoms with Gasteiger partial charge in [-0.25, -0.2) is 13.8 Å². The monoisotopic (exact) mass is 249 g/mol. The third-order valence-corrected chi connectivity index (χ3v) is 2.33. The van der Waals surface area contributed by atoms with Gasteiger partial charge in [-0.05, 0) is 25.1 Å². The van der Waals surface area contributed by atoms with Crippen molar-refractivity contribution in [1.82, 2.24) is 4.98 Å². The number of nitrogens with zero attached hydrogens (tertiary/aromatic N) is 1. The van der Waals surface area contributed by atoms with Crippen molar-refractivity contribution in [3.63, 3.8) is 0 Å². The van der Waals surface area contributed by atoms with Crippen LogP contribution in [0.4, 0.5) is 26.0 Å². The largest absolute Gasteiger partial charge is 0.370 e. The molecule has 5 heteroatoms. The minimum Gasteiger partial charge on any atom is -0.370 e. The van der Waals surface area contributed by atoms with E-state index in [4.69, 9.17) is 0 Å². The van der Waals surface area contributed by atoms with Gasteiger partial charge in [-0.15, -0.1) is 0 Å². The third kappa shape index (κ3) is 2.94. The number of hydrogen-bond donors (Lipinski definition) is 2. The topological polar surface area (TPSA) is 37.0 Å². The van der Waals surface area contributed by atoms with Crippen molar-refractivity contribution >= 4 is 17.2 Å². The lowest BCUT2D eigenvalue weighted by atomic mass is 10.2. The van der Waals surface area contributed by atoms with Gasteiger partial charge in [0, 0.05) is 30.6 Å². The summed E-state index contributed by atoms with van der Waals surface area (Å²) in [6.07, 6.45) is 1.61. The maximum absolute atomic E-state index is 13.5. The molecule has 1 heterocycles. The summed E-state index contributed by atoms with van der Waals surface area (Å²) in [6.45, 7) is 2.71. The summed E-state index contributed by atoms with van der Waals surface area (Å²) in [5.74, 6) is -0.525. The van der Waals surface area contributed by atoms with E-state index in [1.165, 1.54) is 12.1 Å². The molecule has 18 heavy (non-hydrogen) atoms. The van der Waals surface area contributed by atoms with E-state index >= 15 is 0 Å². The summed E-state index contributed by atoms with van der Waals surface area (Å²) in [4.78, 5) is 4.10. The van der Waals surface area contributed by atoms with Crippen LogP contribution in [0, 0.1) is 11.6 Å². The molecule has 0 saturated heterocycles. The zero-order valence-corrected chi connectivity index (χ0v) is 9.87. The van der Waals surface area contributed by atoms with Crippen molar-refractivity contribution in [3.05, 3.63) is 48.2 Å². The van der Waals surface area contributed by atoms with E-state index in [1.807, 2.05) is 6.92 Å². The summed E-state index contributed by atoms with van der Waals surface area (Å²) in [6, 6.07) is 6.88. The van der Waals surface area contributed by atoms with Crippen molar-refractivity contribution in [1.29, 1.82) is 0 Å². The molecule has 0 aliphatic heterocycles. The summed E-state index contributed by atoms with van der Waals surface area (Å²) < 4.78 is 26.2. The molecule has 2 aromatic rings. The molecule has 1 aromatic carbocycles. The Bertz CT molecular complexity index is 544. The van der Waals surface area contributed by atoms with Gasteiger partial charge >= 0.3 is 0 Å². The lowest BCUT2D eigenvalue weighted by Crippen LogP contribution is -2.00. The van der Waals surface area contributed by atoms with Crippen molar-refractivity contribution in [2.45, 2.75) is 6.92 Å². The fraction of sp³-hybridized carbons (Fsp3) is 0.154. The lowest BCUT2D eigenvalue weighted by molar-refractivity contribution is 0.586. The van der Waals surface area contributed by atoms with Gasteiger partial charge in [-0.3, -0.25) is 0 Å². The second kappa shape index (κ2) is 5.44. The third-order valence-electron chi connectivity index (χ3n) is 2.33. The van der Waals surface area contributed by atoms with Crippen LogP contribution < -0.4 is 10.6 Å². The molecule has 1 aromatic heterocycles. The Morgan fingerprint density at radius 2 is 2.00 bits per heavy atom. The number of hydrogen-bond acceptors (Lipinski definition) is 3. The SMILES string of the molecule is CCNc1cc(Nc2ccc(F)cc2F)ccn1. The van der Waals surface area contributed by atoms with E-state index < -0.39 is 11.6 Å². The second-order valence-corrected chi connectivity index (χ2v) is 3.71. The maximum atomic E-state index is 13.5. The molecule has 0 unspecified atom stereocenters. The first-order chi connectivity index (χ1) is 8.69. The van der Waals surface area contributed by atoms with Crippen molar-refractivity contribution < 1.29 is 8.78 Å². The predicted molar refractivity (Wildman–Crippen MR) is 68.0 cm³/mol. The number of anilines is 3. The Morgan fingerprint density at radius 3 is 2.72 bits per heavy atom. The molecule has 0 aliphatic rings. The van der Waals surface area contributed by atoms with Gasteiger partial charge in [0.25, 0.3) is 0 Å². The van der Waals surface area contributed by atoms with Gasteiger partial charge in [-0.1, -0.05) is 0 Å². The highest BCUT2D eigenvalue weighted by molar-refractivity contribution is 5.62. The molecule has 0 fully saturated rings. The molecule has 0 spiro atoms. The minimum absolute atomic E-state index is 0.227. The van der Waals surface area contributed by atoms with Gasteiger partial charge in [-0.2, -0.15) is 0 Å². The molecule has 2 N–H and O–H groups in total. The number of aromatic nitrogens is 1. The summed E-state index contributed by atoms with van der Waals surface area (Å²) >= 11 is 0. The Morgan fingerprint density at radius 1 is 1.17 bits per heavy atom. The molecule has 0 atom stereocenters. The predicted octanol–water partition coefficient (Wildman–Crippen LogP) is 3.54. The molecule has 0 saturated carbocycles. The minimum atomic E-state index is -0.628. The first-order valence-corrected chi connectivity index (χ1v) is 5.61. The van der Waals surface area contributed by atoms with Gasteiger partial charge in [0.05, 0.1) is 5.69 Å². The maximum Gasteiger partial charge on any atom is 0.149 e. The molecule has 0 amide bonds. The molecule has 0 aliphatic carbocycles. The van der Waals surface area contributed by atoms with E-state index in [1.54, 1.807) is 18.3 Å². The number of nitrogens with one attached hydrogen (secondary N) is 2. The van der Waals surface area contributed by atoms with Crippen molar-refractivity contribution in [3.8, 4) is 0 Å². The first-order valence-electron chi connectivity index (χ1n) is 5.61. The average molecular weight is 249 g/mol. The summed E-state index contributed by atoms with van der Waals surface area (Å²) in [5.41, 5.74) is 0.913. The average Bonchev–Trinajstić information content (AvgIpc) is 2.34. The first kappa shape index (κ1) is 12.3. The van der Waals surface area contributed by atoms with Crippen molar-refractivity contribution in [2.75, 3.05) is 17.2 Å². The van der Waals surface area contributed by atoms with Crippen LogP contribution in [0.2, 0.25) is 0 Å². The van der Waals surface area contributed by atoms with E-state index in [0.29, 0.717) is 11.5 Å². The van der Waals surface area contributed by atoms with Crippen molar-refractivity contribution in [2.24, 2.45) is 0 Å². The summed E-state index contributed by atoms with van der Waals surface area (Å²) in [7, 11) is 0. The van der Waals surface area contributed by atoms with E-state index in [-0.39, 0.29) is 5.69 Å². The highest BCUT2D eigenvalue weighted by Gasteiger charge is 2.04. The van der Waals surface area contributed by atoms with Gasteiger partial charge in [0.1, 0.15) is 17.5 Å². The van der Waals surface area contributed by atoms with E-state index in [0.717, 1.165) is 12.6 Å². The lowest BCUT2D eigenvalue weighted by Gasteiger charge is -2.09. The van der Waals surface area contributed by atoms with Crippen LogP contribution in [-0.4, -0.2) is 11.5 Å². The Balaban J connectivity index is 2.20. The fourth-order valence-corrected chi connectivity index (χ4v) is 1.53. The highest BCUT2D eigenvalue weighted by atomic mass is 19.1. The molecule has 0 bridgehead atoms. The highest BCUT2D eigenvalue weighted by Crippen LogP contribution is 2.21. The quantitative estimate of drug-likeness (QED) is 0.870. The van der Waals surface area contributed by atoms with Crippen LogP contribution in [0.5, 0.6) is 0 Å². The van der Waals surface area contributed by atoms with Crippen LogP contribution in [0.1, 0.15) is 6.92 Å². The zero-order chi connectivity index (χ0) is 13.0. The van der Waals surface area contributed by atoms with Crippen LogP contribution in [-0.2, 0) is 0 Å². The van der Waals surface area contributed by atoms with Crippen LogP contribution in [0.15, 0.2) is 36.5 Å². The summed E-state index contributed by atoms with van der Waals surface area (Å²) in [5, 5.41) is 5.93. The molecular weight excluding hydrogens is 236 g/mol. The van der Waals surface area contributed by atoms with E-state index in [9.17, 15) is 8.78 Å². The number of rotatable bonds is 4. The number of pyridine rings is 1. The van der Waals surface area contributed by atoms with Gasteiger partial charge < -0.3 is 10.6 Å². The molecular formula is C13H13F2N3. The van der Waals surface area contributed by atoms with E-state index in [2.05, 4.69) is 15.6 Å². The number of halogens is 2. The van der Waals surface area contributed by atoms with Crippen LogP contribution >= 0.6 is 0 Å². The normalized spacial score (nSPS) is 10.2. The smallest absolute Gasteiger partial charge is 0.149 e. The number of benzene rings is 1. The zero-order valence-electron chi connectivity index (χ0n) is 9.87. The van der Waals surface area contributed by atoms with Gasteiger partial charge in [0.2, 0.25) is 0 Å². The van der Waals surface area contributed by atoms with Crippen LogP contribution in [0.3, 0.4) is 0 Å². The molecule has 0 radical (unpaired) electrons. The molecule has 2 rings (SSSR count). The molecule has 94 valence electrons. The second-order valence-electron chi connectivity index (χ2n) is 3.71. The van der Waals surface area contributed by atoms with Crippen LogP contribution in [0.25, 0.3) is 0 Å². The fourth-order valence-electron chi connectivity index (χ4n) is 1.53. The Hall–Kier alpha value is -2.17. The standard InChI is InChI=1S/C13H13F2N3/c1-2-16-13-8-10(5-6-17-13)18-12-4-3-9(14)7-11(12)15/h3-8H,2H2,1H3,(H2,16,17,18). The molecule has 3 nitrogen and oxygen atoms in total.